The Hall–Kier alpha value is -0.930. The molecule has 3 nitrogen and oxygen atoms in total. The molecule has 2 fully saturated rings. The summed E-state index contributed by atoms with van der Waals surface area (Å²) in [5.41, 5.74) is 2.75. The van der Waals surface area contributed by atoms with Gasteiger partial charge in [0.2, 0.25) is 0 Å². The highest BCUT2D eigenvalue weighted by Gasteiger charge is 2.31. The van der Waals surface area contributed by atoms with E-state index in [1.165, 1.54) is 49.9 Å². The Morgan fingerprint density at radius 2 is 2.32 bits per heavy atom. The van der Waals surface area contributed by atoms with Gasteiger partial charge in [0.1, 0.15) is 0 Å². The molecule has 19 heavy (non-hydrogen) atoms. The van der Waals surface area contributed by atoms with Crippen LogP contribution < -0.4 is 5.32 Å². The van der Waals surface area contributed by atoms with Crippen LogP contribution in [-0.4, -0.2) is 41.6 Å². The summed E-state index contributed by atoms with van der Waals surface area (Å²) in [6.07, 6.45) is 10.5. The molecule has 0 saturated carbocycles. The van der Waals surface area contributed by atoms with Crippen molar-refractivity contribution in [3.05, 3.63) is 29.6 Å². The summed E-state index contributed by atoms with van der Waals surface area (Å²) in [6, 6.07) is 3.76. The Morgan fingerprint density at radius 3 is 3.21 bits per heavy atom. The molecule has 3 heterocycles. The molecule has 2 saturated heterocycles. The van der Waals surface area contributed by atoms with Gasteiger partial charge in [-0.2, -0.15) is 0 Å². The number of nitrogens with one attached hydrogen (secondary N) is 1. The standard InChI is InChI=1S/C16H25N3/c1-13-12-17-7-4-14(13)5-8-18-15-6-10-19-9-2-3-16(19)11-15/h4,7,12,15-16,18H,2-3,5-6,8-11H2,1H3/t15-,16+/m0/s1. The first-order chi connectivity index (χ1) is 9.33. The van der Waals surface area contributed by atoms with Crippen LogP contribution in [0.2, 0.25) is 0 Å². The Kier molecular flexibility index (Phi) is 4.14. The molecule has 0 amide bonds. The topological polar surface area (TPSA) is 28.2 Å². The van der Waals surface area contributed by atoms with Crippen molar-refractivity contribution in [3.63, 3.8) is 0 Å². The molecule has 3 rings (SSSR count). The Labute approximate surface area is 116 Å². The van der Waals surface area contributed by atoms with Gasteiger partial charge in [-0.25, -0.2) is 0 Å². The van der Waals surface area contributed by atoms with E-state index in [1.54, 1.807) is 0 Å². The lowest BCUT2D eigenvalue weighted by atomic mass is 9.97. The fourth-order valence-corrected chi connectivity index (χ4v) is 3.60. The summed E-state index contributed by atoms with van der Waals surface area (Å²) >= 11 is 0. The van der Waals surface area contributed by atoms with Crippen molar-refractivity contribution in [2.75, 3.05) is 19.6 Å². The number of nitrogens with zero attached hydrogens (tertiary/aromatic N) is 2. The number of aromatic nitrogens is 1. The third-order valence-electron chi connectivity index (χ3n) is 4.78. The van der Waals surface area contributed by atoms with Gasteiger partial charge in [0.25, 0.3) is 0 Å². The zero-order valence-electron chi connectivity index (χ0n) is 11.9. The second kappa shape index (κ2) is 6.02. The maximum atomic E-state index is 4.15. The van der Waals surface area contributed by atoms with Crippen molar-refractivity contribution in [2.45, 2.75) is 51.1 Å². The number of pyridine rings is 1. The molecule has 0 unspecified atom stereocenters. The molecule has 1 aromatic heterocycles. The third kappa shape index (κ3) is 3.15. The average Bonchev–Trinajstić information content (AvgIpc) is 2.88. The van der Waals surface area contributed by atoms with Crippen LogP contribution in [0.25, 0.3) is 0 Å². The van der Waals surface area contributed by atoms with Crippen LogP contribution in [0.1, 0.15) is 36.8 Å². The Morgan fingerprint density at radius 1 is 1.37 bits per heavy atom. The number of piperidine rings is 1. The lowest BCUT2D eigenvalue weighted by Crippen LogP contribution is -2.46. The fourth-order valence-electron chi connectivity index (χ4n) is 3.60. The molecule has 2 aliphatic heterocycles. The molecule has 0 bridgehead atoms. The third-order valence-corrected chi connectivity index (χ3v) is 4.78. The van der Waals surface area contributed by atoms with E-state index >= 15 is 0 Å². The zero-order chi connectivity index (χ0) is 13.1. The predicted octanol–water partition coefficient (Wildman–Crippen LogP) is 2.15. The van der Waals surface area contributed by atoms with E-state index in [-0.39, 0.29) is 0 Å². The lowest BCUT2D eigenvalue weighted by molar-refractivity contribution is 0.167. The maximum absolute atomic E-state index is 4.15. The number of hydrogen-bond donors (Lipinski definition) is 1. The summed E-state index contributed by atoms with van der Waals surface area (Å²) in [4.78, 5) is 6.84. The summed E-state index contributed by atoms with van der Waals surface area (Å²) < 4.78 is 0. The number of rotatable bonds is 4. The van der Waals surface area contributed by atoms with E-state index in [0.29, 0.717) is 0 Å². The summed E-state index contributed by atoms with van der Waals surface area (Å²) in [5.74, 6) is 0. The molecule has 3 heteroatoms. The maximum Gasteiger partial charge on any atom is 0.0299 e. The molecule has 1 aromatic rings. The molecule has 2 aliphatic rings. The first-order valence-electron chi connectivity index (χ1n) is 7.70. The van der Waals surface area contributed by atoms with Gasteiger partial charge in [0, 0.05) is 24.5 Å². The second-order valence-electron chi connectivity index (χ2n) is 6.06. The molecule has 0 spiro atoms. The molecule has 2 atom stereocenters. The predicted molar refractivity (Wildman–Crippen MR) is 78.3 cm³/mol. The van der Waals surface area contributed by atoms with Gasteiger partial charge < -0.3 is 10.2 Å². The van der Waals surface area contributed by atoms with Crippen LogP contribution in [0.3, 0.4) is 0 Å². The monoisotopic (exact) mass is 259 g/mol. The minimum absolute atomic E-state index is 0.737. The highest BCUT2D eigenvalue weighted by molar-refractivity contribution is 5.21. The minimum atomic E-state index is 0.737. The van der Waals surface area contributed by atoms with Crippen molar-refractivity contribution >= 4 is 0 Å². The molecular weight excluding hydrogens is 234 g/mol. The van der Waals surface area contributed by atoms with Crippen molar-refractivity contribution in [2.24, 2.45) is 0 Å². The minimum Gasteiger partial charge on any atom is -0.314 e. The number of aryl methyl sites for hydroxylation is 1. The van der Waals surface area contributed by atoms with Crippen LogP contribution in [0.4, 0.5) is 0 Å². The van der Waals surface area contributed by atoms with Crippen LogP contribution in [0, 0.1) is 6.92 Å². The van der Waals surface area contributed by atoms with Gasteiger partial charge in [0.05, 0.1) is 0 Å². The van der Waals surface area contributed by atoms with Crippen molar-refractivity contribution in [1.82, 2.24) is 15.2 Å². The van der Waals surface area contributed by atoms with Crippen molar-refractivity contribution < 1.29 is 0 Å². The molecule has 0 aliphatic carbocycles. The summed E-state index contributed by atoms with van der Waals surface area (Å²) in [7, 11) is 0. The lowest BCUT2D eigenvalue weighted by Gasteiger charge is -2.35. The molecule has 0 radical (unpaired) electrons. The fraction of sp³-hybridized carbons (Fsp3) is 0.688. The quantitative estimate of drug-likeness (QED) is 0.898. The number of hydrogen-bond acceptors (Lipinski definition) is 3. The van der Waals surface area contributed by atoms with Gasteiger partial charge in [-0.3, -0.25) is 4.98 Å². The van der Waals surface area contributed by atoms with E-state index in [1.807, 2.05) is 12.4 Å². The van der Waals surface area contributed by atoms with Crippen LogP contribution in [0.15, 0.2) is 18.5 Å². The highest BCUT2D eigenvalue weighted by Crippen LogP contribution is 2.26. The smallest absolute Gasteiger partial charge is 0.0299 e. The Bertz CT molecular complexity index is 418. The second-order valence-corrected chi connectivity index (χ2v) is 6.06. The zero-order valence-corrected chi connectivity index (χ0v) is 11.9. The van der Waals surface area contributed by atoms with Crippen LogP contribution in [0.5, 0.6) is 0 Å². The van der Waals surface area contributed by atoms with Gasteiger partial charge >= 0.3 is 0 Å². The summed E-state index contributed by atoms with van der Waals surface area (Å²) in [5, 5.41) is 3.76. The first kappa shape index (κ1) is 13.1. The van der Waals surface area contributed by atoms with E-state index in [2.05, 4.69) is 28.2 Å². The van der Waals surface area contributed by atoms with E-state index in [4.69, 9.17) is 0 Å². The van der Waals surface area contributed by atoms with Crippen LogP contribution in [-0.2, 0) is 6.42 Å². The average molecular weight is 259 g/mol. The van der Waals surface area contributed by atoms with E-state index in [0.717, 1.165) is 25.0 Å². The van der Waals surface area contributed by atoms with Crippen LogP contribution >= 0.6 is 0 Å². The van der Waals surface area contributed by atoms with Gasteiger partial charge in [0.15, 0.2) is 0 Å². The van der Waals surface area contributed by atoms with Gasteiger partial charge in [-0.1, -0.05) is 0 Å². The normalized spacial score (nSPS) is 27.4. The van der Waals surface area contributed by atoms with Gasteiger partial charge in [-0.05, 0) is 75.9 Å². The highest BCUT2D eigenvalue weighted by atomic mass is 15.2. The molecule has 1 N–H and O–H groups in total. The van der Waals surface area contributed by atoms with E-state index < -0.39 is 0 Å². The van der Waals surface area contributed by atoms with Crippen molar-refractivity contribution in [3.8, 4) is 0 Å². The summed E-state index contributed by atoms with van der Waals surface area (Å²) in [6.45, 7) is 5.89. The largest absolute Gasteiger partial charge is 0.314 e. The van der Waals surface area contributed by atoms with Gasteiger partial charge in [-0.15, -0.1) is 0 Å². The molecule has 104 valence electrons. The molecular formula is C16H25N3. The number of fused-ring (bicyclic) bond motifs is 1. The Balaban J connectivity index is 1.44. The van der Waals surface area contributed by atoms with E-state index in [9.17, 15) is 0 Å². The van der Waals surface area contributed by atoms with Crippen molar-refractivity contribution in [1.29, 1.82) is 0 Å². The first-order valence-corrected chi connectivity index (χ1v) is 7.70. The molecule has 0 aromatic carbocycles. The SMILES string of the molecule is Cc1cnccc1CCN[C@H]1CCN2CCC[C@@H]2C1.